The summed E-state index contributed by atoms with van der Waals surface area (Å²) in [7, 11) is 0. The summed E-state index contributed by atoms with van der Waals surface area (Å²) in [5.74, 6) is -0.494. The molecule has 8 heterocycles. The molecule has 15 heteroatoms. The molecule has 1 unspecified atom stereocenters. The Hall–Kier alpha value is -4.86. The Bertz CT molecular complexity index is 2170. The van der Waals surface area contributed by atoms with Crippen LogP contribution in [-0.2, 0) is 20.9 Å². The molecule has 0 aliphatic carbocycles. The Morgan fingerprint density at radius 3 is 2.57 bits per heavy atom. The third kappa shape index (κ3) is 7.60. The first kappa shape index (κ1) is 40.2. The van der Waals surface area contributed by atoms with Crippen LogP contribution < -0.4 is 20.4 Å². The number of amides is 3. The van der Waals surface area contributed by atoms with Gasteiger partial charge in [0, 0.05) is 87.7 Å². The number of hydrogen-bond acceptors (Lipinski definition) is 12. The normalized spacial score (nSPS) is 27.4. The summed E-state index contributed by atoms with van der Waals surface area (Å²) in [4.78, 5) is 49.7. The van der Waals surface area contributed by atoms with Crippen molar-refractivity contribution in [3.8, 4) is 17.0 Å². The summed E-state index contributed by atoms with van der Waals surface area (Å²) in [5.41, 5.74) is 4.34. The second-order valence-electron chi connectivity index (χ2n) is 18.5. The van der Waals surface area contributed by atoms with E-state index in [0.717, 1.165) is 133 Å². The Morgan fingerprint density at radius 2 is 1.80 bits per heavy atom. The number of anilines is 3. The van der Waals surface area contributed by atoms with Crippen molar-refractivity contribution in [1.82, 2.24) is 30.2 Å². The molecule has 0 radical (unpaired) electrons. The first-order chi connectivity index (χ1) is 29.7. The molecule has 0 saturated carbocycles. The molecule has 5 saturated heterocycles. The van der Waals surface area contributed by atoms with E-state index in [2.05, 4.69) is 53.4 Å². The lowest BCUT2D eigenvalue weighted by molar-refractivity contribution is -0.136. The fourth-order valence-electron chi connectivity index (χ4n) is 11.6. The van der Waals surface area contributed by atoms with Crippen molar-refractivity contribution in [3.05, 3.63) is 59.4 Å². The lowest BCUT2D eigenvalue weighted by Crippen LogP contribution is -2.52. The molecule has 1 aromatic heterocycles. The summed E-state index contributed by atoms with van der Waals surface area (Å²) in [5, 5.41) is 25.5. The molecule has 0 bridgehead atoms. The summed E-state index contributed by atoms with van der Waals surface area (Å²) >= 11 is 0. The number of phenolic OH excluding ortho intramolecular Hbond substituents is 1. The number of phenols is 1. The molecule has 2 aromatic carbocycles. The van der Waals surface area contributed by atoms with Gasteiger partial charge in [-0.1, -0.05) is 19.1 Å². The molecule has 3 N–H and O–H groups in total. The largest absolute Gasteiger partial charge is 0.504 e. The van der Waals surface area contributed by atoms with Crippen molar-refractivity contribution in [3.63, 3.8) is 0 Å². The molecule has 3 amide bonds. The van der Waals surface area contributed by atoms with Crippen LogP contribution in [0.25, 0.3) is 11.3 Å². The van der Waals surface area contributed by atoms with Crippen LogP contribution in [0.3, 0.4) is 0 Å². The van der Waals surface area contributed by atoms with E-state index in [0.29, 0.717) is 47.8 Å². The van der Waals surface area contributed by atoms with Crippen LogP contribution in [0.1, 0.15) is 87.1 Å². The van der Waals surface area contributed by atoms with E-state index in [-0.39, 0.29) is 35.8 Å². The number of benzene rings is 2. The number of halogens is 1. The Balaban J connectivity index is 0.768. The number of para-hydroxylation sites is 1. The number of carbonyl (C=O) groups is 3. The predicted molar refractivity (Wildman–Crippen MR) is 229 cm³/mol. The lowest BCUT2D eigenvalue weighted by atomic mass is 9.88. The lowest BCUT2D eigenvalue weighted by Gasteiger charge is -2.44. The zero-order chi connectivity index (χ0) is 41.8. The SMILES string of the molecule is CC[C@@]12CNc3nnc(-c4cccc(F)c4O)cc3N1C[C@H](N(CC1CCCO1)C1CCN(CC3CCN(c4ccc5c(c4)C(=O)N([C@H]4CCC(=O)NC4=O)C5)CC3)CC1)C2. The van der Waals surface area contributed by atoms with Gasteiger partial charge in [-0.3, -0.25) is 24.6 Å². The molecule has 7 aliphatic rings. The third-order valence-corrected chi connectivity index (χ3v) is 15.1. The molecule has 14 nitrogen and oxygen atoms in total. The first-order valence-electron chi connectivity index (χ1n) is 22.7. The van der Waals surface area contributed by atoms with Crippen molar-refractivity contribution in [1.29, 1.82) is 0 Å². The van der Waals surface area contributed by atoms with Crippen LogP contribution in [0.15, 0.2) is 42.5 Å². The quantitative estimate of drug-likeness (QED) is 0.242. The highest BCUT2D eigenvalue weighted by Gasteiger charge is 2.51. The second kappa shape index (κ2) is 16.4. The maximum atomic E-state index is 14.4. The van der Waals surface area contributed by atoms with E-state index in [1.165, 1.54) is 6.07 Å². The van der Waals surface area contributed by atoms with Gasteiger partial charge in [0.15, 0.2) is 17.4 Å². The summed E-state index contributed by atoms with van der Waals surface area (Å²) in [6.07, 6.45) is 9.57. The fourth-order valence-corrected chi connectivity index (χ4v) is 11.6. The number of ether oxygens (including phenoxy) is 1. The van der Waals surface area contributed by atoms with Crippen molar-refractivity contribution < 1.29 is 28.6 Å². The van der Waals surface area contributed by atoms with Crippen molar-refractivity contribution in [2.75, 3.05) is 74.1 Å². The van der Waals surface area contributed by atoms with Gasteiger partial charge < -0.3 is 34.8 Å². The van der Waals surface area contributed by atoms with Gasteiger partial charge in [0.1, 0.15) is 6.04 Å². The van der Waals surface area contributed by atoms with Crippen LogP contribution in [0.2, 0.25) is 0 Å². The number of hydrogen-bond donors (Lipinski definition) is 3. The zero-order valence-electron chi connectivity index (χ0n) is 35.2. The van der Waals surface area contributed by atoms with Crippen molar-refractivity contribution in [2.24, 2.45) is 5.92 Å². The van der Waals surface area contributed by atoms with E-state index in [1.54, 1.807) is 17.0 Å². The number of nitrogens with zero attached hydrogens (tertiary/aromatic N) is 7. The van der Waals surface area contributed by atoms with Crippen LogP contribution >= 0.6 is 0 Å². The van der Waals surface area contributed by atoms with Crippen LogP contribution in [0.4, 0.5) is 21.6 Å². The number of likely N-dealkylation sites (tertiary alicyclic amines) is 1. The standard InChI is InChI=1S/C46H58FN9O5/c1-2-46-23-33(26-56(46)40-22-38(50-51-43(40)48-28-46)35-6-3-7-37(47)42(35)58)54(27-34-5-4-20-61-34)31-14-16-52(17-15-31)24-29-12-18-53(19-13-29)32-9-8-30-25-55(45(60)36(30)21-32)39-10-11-41(57)49-44(39)59/h3,6-9,21-22,29,31,33-34,39,58H,2,4-5,10-20,23-28H2,1H3,(H,48,51)(H,49,57,59)/t33-,34?,39+,46-/m1/s1. The number of aromatic nitrogens is 2. The summed E-state index contributed by atoms with van der Waals surface area (Å²) in [6.45, 7) is 11.3. The Morgan fingerprint density at radius 1 is 0.967 bits per heavy atom. The third-order valence-electron chi connectivity index (χ3n) is 15.1. The van der Waals surface area contributed by atoms with Gasteiger partial charge in [0.25, 0.3) is 5.91 Å². The molecule has 61 heavy (non-hydrogen) atoms. The average molecular weight is 836 g/mol. The molecule has 0 spiro atoms. The molecule has 7 aliphatic heterocycles. The van der Waals surface area contributed by atoms with Crippen molar-refractivity contribution >= 4 is 34.9 Å². The average Bonchev–Trinajstić information content (AvgIpc) is 4.02. The molecular formula is C46H58FN9O5. The van der Waals surface area contributed by atoms with Crippen LogP contribution in [0.5, 0.6) is 5.75 Å². The minimum Gasteiger partial charge on any atom is -0.504 e. The van der Waals surface area contributed by atoms with E-state index < -0.39 is 17.6 Å². The van der Waals surface area contributed by atoms with Gasteiger partial charge in [-0.25, -0.2) is 4.39 Å². The maximum Gasteiger partial charge on any atom is 0.255 e. The first-order valence-corrected chi connectivity index (χ1v) is 22.7. The molecular weight excluding hydrogens is 778 g/mol. The van der Waals surface area contributed by atoms with E-state index in [9.17, 15) is 23.9 Å². The molecule has 4 atom stereocenters. The highest BCUT2D eigenvalue weighted by atomic mass is 19.1. The fraction of sp³-hybridized carbons (Fsp3) is 0.587. The number of fused-ring (bicyclic) bond motifs is 4. The summed E-state index contributed by atoms with van der Waals surface area (Å²) < 4.78 is 20.7. The zero-order valence-corrected chi connectivity index (χ0v) is 35.2. The molecule has 5 fully saturated rings. The van der Waals surface area contributed by atoms with Crippen molar-refractivity contribution in [2.45, 2.75) is 107 Å². The van der Waals surface area contributed by atoms with Gasteiger partial charge in [-0.15, -0.1) is 10.2 Å². The molecule has 324 valence electrons. The second-order valence-corrected chi connectivity index (χ2v) is 18.5. The number of imide groups is 1. The molecule has 3 aromatic rings. The number of aromatic hydroxyl groups is 1. The number of rotatable bonds is 10. The predicted octanol–water partition coefficient (Wildman–Crippen LogP) is 4.76. The number of nitrogens with one attached hydrogen (secondary N) is 2. The minimum absolute atomic E-state index is 0.0994. The minimum atomic E-state index is -0.672. The highest BCUT2D eigenvalue weighted by Crippen LogP contribution is 2.46. The van der Waals surface area contributed by atoms with Crippen LogP contribution in [0, 0.1) is 11.7 Å². The van der Waals surface area contributed by atoms with Gasteiger partial charge in [0.2, 0.25) is 11.8 Å². The molecule has 10 rings (SSSR count). The number of piperidine rings is 3. The van der Waals surface area contributed by atoms with E-state index >= 15 is 0 Å². The van der Waals surface area contributed by atoms with Gasteiger partial charge in [-0.2, -0.15) is 0 Å². The smallest absolute Gasteiger partial charge is 0.255 e. The van der Waals surface area contributed by atoms with E-state index in [4.69, 9.17) is 4.74 Å². The Kier molecular flexibility index (Phi) is 10.8. The highest BCUT2D eigenvalue weighted by molar-refractivity contribution is 6.05. The maximum absolute atomic E-state index is 14.4. The monoisotopic (exact) mass is 835 g/mol. The van der Waals surface area contributed by atoms with Gasteiger partial charge in [-0.05, 0) is 113 Å². The topological polar surface area (TPSA) is 147 Å². The van der Waals surface area contributed by atoms with Crippen LogP contribution in [-0.4, -0.2) is 136 Å². The summed E-state index contributed by atoms with van der Waals surface area (Å²) in [6, 6.07) is 12.9. The van der Waals surface area contributed by atoms with E-state index in [1.807, 2.05) is 18.2 Å². The van der Waals surface area contributed by atoms with Gasteiger partial charge >= 0.3 is 0 Å². The van der Waals surface area contributed by atoms with Gasteiger partial charge in [0.05, 0.1) is 23.0 Å². The Labute approximate surface area is 356 Å². The number of carbonyl (C=O) groups excluding carboxylic acids is 3.